The van der Waals surface area contributed by atoms with Crippen molar-refractivity contribution in [2.45, 2.75) is 20.3 Å². The molecule has 0 saturated heterocycles. The molecule has 0 aliphatic rings. The maximum absolute atomic E-state index is 11.3. The van der Waals surface area contributed by atoms with Gasteiger partial charge in [0.05, 0.1) is 17.4 Å². The predicted molar refractivity (Wildman–Crippen MR) is 78.1 cm³/mol. The van der Waals surface area contributed by atoms with Crippen LogP contribution in [0.2, 0.25) is 0 Å². The Morgan fingerprint density at radius 3 is 2.74 bits per heavy atom. The number of rotatable bonds is 8. The molecule has 0 aliphatic heterocycles. The molecule has 0 spiro atoms. The zero-order valence-corrected chi connectivity index (χ0v) is 11.6. The van der Waals surface area contributed by atoms with Gasteiger partial charge in [-0.25, -0.2) is 4.98 Å². The van der Waals surface area contributed by atoms with Gasteiger partial charge in [0.15, 0.2) is 0 Å². The molecular formula is C13H23N5O. The van der Waals surface area contributed by atoms with Gasteiger partial charge in [-0.1, -0.05) is 13.8 Å². The third-order valence-corrected chi connectivity index (χ3v) is 2.92. The van der Waals surface area contributed by atoms with Crippen LogP contribution in [0.1, 0.15) is 30.6 Å². The van der Waals surface area contributed by atoms with E-state index in [1.54, 1.807) is 6.20 Å². The molecule has 6 nitrogen and oxygen atoms in total. The van der Waals surface area contributed by atoms with Crippen LogP contribution >= 0.6 is 0 Å². The van der Waals surface area contributed by atoms with Crippen LogP contribution in [-0.2, 0) is 0 Å². The lowest BCUT2D eigenvalue weighted by Crippen LogP contribution is -2.30. The minimum atomic E-state index is -0.502. The minimum absolute atomic E-state index is 0.292. The van der Waals surface area contributed by atoms with Crippen LogP contribution in [0.3, 0.4) is 0 Å². The summed E-state index contributed by atoms with van der Waals surface area (Å²) in [6.07, 6.45) is 2.68. The first-order chi connectivity index (χ1) is 9.08. The number of carbonyl (C=O) groups excluding carboxylic acids is 1. The molecule has 0 unspecified atom stereocenters. The SMILES string of the molecule is CCCN(CC)CCNc1cnc(N)cc1C(N)=O. The highest BCUT2D eigenvalue weighted by Crippen LogP contribution is 2.15. The second-order valence-corrected chi connectivity index (χ2v) is 4.38. The average Bonchev–Trinajstić information content (AvgIpc) is 2.39. The van der Waals surface area contributed by atoms with E-state index in [0.717, 1.165) is 32.6 Å². The second-order valence-electron chi connectivity index (χ2n) is 4.38. The molecule has 5 N–H and O–H groups in total. The van der Waals surface area contributed by atoms with Crippen molar-refractivity contribution in [3.8, 4) is 0 Å². The van der Waals surface area contributed by atoms with E-state index >= 15 is 0 Å². The summed E-state index contributed by atoms with van der Waals surface area (Å²) in [5, 5.41) is 3.18. The molecule has 106 valence electrons. The van der Waals surface area contributed by atoms with Gasteiger partial charge in [0.25, 0.3) is 5.91 Å². The smallest absolute Gasteiger partial charge is 0.250 e. The predicted octanol–water partition coefficient (Wildman–Crippen LogP) is 0.907. The highest BCUT2D eigenvalue weighted by atomic mass is 16.1. The summed E-state index contributed by atoms with van der Waals surface area (Å²) in [5.74, 6) is -0.210. The molecule has 1 aromatic rings. The summed E-state index contributed by atoms with van der Waals surface area (Å²) in [7, 11) is 0. The van der Waals surface area contributed by atoms with Crippen molar-refractivity contribution in [2.75, 3.05) is 37.2 Å². The van der Waals surface area contributed by atoms with E-state index in [1.807, 2.05) is 0 Å². The number of anilines is 2. The van der Waals surface area contributed by atoms with Crippen molar-refractivity contribution in [1.29, 1.82) is 0 Å². The van der Waals surface area contributed by atoms with E-state index in [1.165, 1.54) is 6.07 Å². The number of carbonyl (C=O) groups is 1. The number of nitrogens with zero attached hydrogens (tertiary/aromatic N) is 2. The fraction of sp³-hybridized carbons (Fsp3) is 0.538. The Hall–Kier alpha value is -1.82. The number of nitrogen functional groups attached to an aromatic ring is 1. The number of primary amides is 1. The first-order valence-electron chi connectivity index (χ1n) is 6.60. The van der Waals surface area contributed by atoms with Crippen molar-refractivity contribution in [2.24, 2.45) is 5.73 Å². The summed E-state index contributed by atoms with van der Waals surface area (Å²) in [4.78, 5) is 17.6. The molecule has 0 saturated carbocycles. The Morgan fingerprint density at radius 2 is 2.16 bits per heavy atom. The standard InChI is InChI=1S/C13H23N5O/c1-3-6-18(4-2)7-5-16-11-9-17-12(14)8-10(11)13(15)19/h8-9,16H,3-7H2,1-2H3,(H2,14,17)(H2,15,19). The Balaban J connectivity index is 2.60. The average molecular weight is 265 g/mol. The van der Waals surface area contributed by atoms with Gasteiger partial charge >= 0.3 is 0 Å². The maximum atomic E-state index is 11.3. The van der Waals surface area contributed by atoms with E-state index in [-0.39, 0.29) is 0 Å². The zero-order chi connectivity index (χ0) is 14.3. The second kappa shape index (κ2) is 7.58. The van der Waals surface area contributed by atoms with E-state index in [0.29, 0.717) is 17.1 Å². The number of pyridine rings is 1. The van der Waals surface area contributed by atoms with Gasteiger partial charge < -0.3 is 21.7 Å². The van der Waals surface area contributed by atoms with Crippen LogP contribution in [0.4, 0.5) is 11.5 Å². The van der Waals surface area contributed by atoms with Crippen LogP contribution in [0.15, 0.2) is 12.3 Å². The molecule has 0 bridgehead atoms. The molecule has 6 heteroatoms. The third-order valence-electron chi connectivity index (χ3n) is 2.92. The van der Waals surface area contributed by atoms with E-state index in [4.69, 9.17) is 11.5 Å². The number of likely N-dealkylation sites (N-methyl/N-ethyl adjacent to an activating group) is 1. The first-order valence-corrected chi connectivity index (χ1v) is 6.60. The molecular weight excluding hydrogens is 242 g/mol. The quantitative estimate of drug-likeness (QED) is 0.649. The molecule has 0 radical (unpaired) electrons. The Bertz CT molecular complexity index is 421. The van der Waals surface area contributed by atoms with Crippen molar-refractivity contribution < 1.29 is 4.79 Å². The Morgan fingerprint density at radius 1 is 1.42 bits per heavy atom. The number of nitrogens with two attached hydrogens (primary N) is 2. The van der Waals surface area contributed by atoms with Crippen LogP contribution in [-0.4, -0.2) is 42.0 Å². The van der Waals surface area contributed by atoms with Gasteiger partial charge in [0, 0.05) is 13.1 Å². The van der Waals surface area contributed by atoms with Crippen LogP contribution < -0.4 is 16.8 Å². The summed E-state index contributed by atoms with van der Waals surface area (Å²) < 4.78 is 0. The van der Waals surface area contributed by atoms with Crippen molar-refractivity contribution in [3.05, 3.63) is 17.8 Å². The van der Waals surface area contributed by atoms with E-state index < -0.39 is 5.91 Å². The molecule has 0 fully saturated rings. The molecule has 0 aromatic carbocycles. The number of hydrogen-bond donors (Lipinski definition) is 3. The van der Waals surface area contributed by atoms with Crippen LogP contribution in [0.5, 0.6) is 0 Å². The summed E-state index contributed by atoms with van der Waals surface area (Å²) in [6, 6.07) is 1.49. The normalized spacial score (nSPS) is 10.7. The molecule has 19 heavy (non-hydrogen) atoms. The molecule has 1 amide bonds. The third kappa shape index (κ3) is 4.75. The zero-order valence-electron chi connectivity index (χ0n) is 11.6. The fourth-order valence-corrected chi connectivity index (χ4v) is 1.91. The summed E-state index contributed by atoms with van der Waals surface area (Å²) >= 11 is 0. The lowest BCUT2D eigenvalue weighted by molar-refractivity contribution is 0.100. The van der Waals surface area contributed by atoms with Gasteiger partial charge in [-0.15, -0.1) is 0 Å². The van der Waals surface area contributed by atoms with Crippen molar-refractivity contribution in [3.63, 3.8) is 0 Å². The number of aromatic nitrogens is 1. The lowest BCUT2D eigenvalue weighted by atomic mass is 10.2. The molecule has 1 rings (SSSR count). The Kier molecular flexibility index (Phi) is 6.08. The van der Waals surface area contributed by atoms with Crippen molar-refractivity contribution in [1.82, 2.24) is 9.88 Å². The minimum Gasteiger partial charge on any atom is -0.384 e. The summed E-state index contributed by atoms with van der Waals surface area (Å²) in [6.45, 7) is 8.02. The molecule has 0 atom stereocenters. The number of amides is 1. The number of nitrogens with one attached hydrogen (secondary N) is 1. The van der Waals surface area contributed by atoms with Gasteiger partial charge in [-0.3, -0.25) is 4.79 Å². The van der Waals surface area contributed by atoms with Gasteiger partial charge in [-0.05, 0) is 25.6 Å². The lowest BCUT2D eigenvalue weighted by Gasteiger charge is -2.20. The van der Waals surface area contributed by atoms with E-state index in [2.05, 4.69) is 29.0 Å². The first kappa shape index (κ1) is 15.2. The number of hydrogen-bond acceptors (Lipinski definition) is 5. The van der Waals surface area contributed by atoms with Crippen LogP contribution in [0, 0.1) is 0 Å². The topological polar surface area (TPSA) is 97.3 Å². The highest BCUT2D eigenvalue weighted by molar-refractivity contribution is 5.98. The molecule has 1 aromatic heterocycles. The monoisotopic (exact) mass is 265 g/mol. The highest BCUT2D eigenvalue weighted by Gasteiger charge is 2.09. The largest absolute Gasteiger partial charge is 0.384 e. The van der Waals surface area contributed by atoms with Gasteiger partial charge in [-0.2, -0.15) is 0 Å². The molecule has 1 heterocycles. The Labute approximate surface area is 114 Å². The van der Waals surface area contributed by atoms with Crippen LogP contribution in [0.25, 0.3) is 0 Å². The fourth-order valence-electron chi connectivity index (χ4n) is 1.91. The maximum Gasteiger partial charge on any atom is 0.250 e. The molecule has 0 aliphatic carbocycles. The van der Waals surface area contributed by atoms with Gasteiger partial charge in [0.1, 0.15) is 5.82 Å². The van der Waals surface area contributed by atoms with Crippen molar-refractivity contribution >= 4 is 17.4 Å². The summed E-state index contributed by atoms with van der Waals surface area (Å²) in [5.41, 5.74) is 11.9. The van der Waals surface area contributed by atoms with Gasteiger partial charge in [0.2, 0.25) is 0 Å². The van der Waals surface area contributed by atoms with E-state index in [9.17, 15) is 4.79 Å².